The topological polar surface area (TPSA) is 21.3 Å². The van der Waals surface area contributed by atoms with Crippen LogP contribution in [0.4, 0.5) is 13.2 Å². The zero-order valence-electron chi connectivity index (χ0n) is 10.6. The minimum Gasteiger partial charge on any atom is -0.383 e. The number of benzene rings is 1. The first kappa shape index (κ1) is 15.0. The lowest BCUT2D eigenvalue weighted by molar-refractivity contribution is -0.137. The second-order valence-electron chi connectivity index (χ2n) is 4.11. The Morgan fingerprint density at radius 1 is 1.33 bits per heavy atom. The van der Waals surface area contributed by atoms with Crippen LogP contribution in [0.15, 0.2) is 24.3 Å². The van der Waals surface area contributed by atoms with Crippen molar-refractivity contribution in [1.82, 2.24) is 5.32 Å². The third kappa shape index (κ3) is 4.66. The van der Waals surface area contributed by atoms with Gasteiger partial charge in [-0.3, -0.25) is 0 Å². The highest BCUT2D eigenvalue weighted by Crippen LogP contribution is 2.29. The molecule has 102 valence electrons. The van der Waals surface area contributed by atoms with Gasteiger partial charge in [0, 0.05) is 13.2 Å². The van der Waals surface area contributed by atoms with Crippen molar-refractivity contribution in [2.24, 2.45) is 0 Å². The van der Waals surface area contributed by atoms with E-state index >= 15 is 0 Å². The van der Waals surface area contributed by atoms with Crippen molar-refractivity contribution >= 4 is 0 Å². The van der Waals surface area contributed by atoms with Crippen molar-refractivity contribution in [2.75, 3.05) is 20.3 Å². The highest BCUT2D eigenvalue weighted by atomic mass is 19.4. The molecule has 0 heterocycles. The van der Waals surface area contributed by atoms with Gasteiger partial charge in [0.15, 0.2) is 0 Å². The molecule has 0 amide bonds. The average molecular weight is 261 g/mol. The van der Waals surface area contributed by atoms with Gasteiger partial charge < -0.3 is 10.1 Å². The molecule has 1 unspecified atom stereocenters. The standard InChI is InChI=1S/C13H18F3NO/c1-3-17-12(9-18-2)8-10-5-4-6-11(7-10)13(14,15)16/h4-7,12,17H,3,8-9H2,1-2H3. The Labute approximate surface area is 105 Å². The lowest BCUT2D eigenvalue weighted by Crippen LogP contribution is -2.35. The predicted molar refractivity (Wildman–Crippen MR) is 64.5 cm³/mol. The molecule has 1 N–H and O–H groups in total. The zero-order valence-corrected chi connectivity index (χ0v) is 10.6. The van der Waals surface area contributed by atoms with E-state index in [0.717, 1.165) is 12.6 Å². The molecule has 0 saturated carbocycles. The number of hydrogen-bond donors (Lipinski definition) is 1. The Kier molecular flexibility index (Phi) is 5.62. The molecular formula is C13H18F3NO. The Hall–Kier alpha value is -1.07. The third-order valence-corrected chi connectivity index (χ3v) is 2.60. The smallest absolute Gasteiger partial charge is 0.383 e. The van der Waals surface area contributed by atoms with E-state index in [2.05, 4.69) is 5.32 Å². The highest BCUT2D eigenvalue weighted by Gasteiger charge is 2.30. The van der Waals surface area contributed by atoms with Crippen molar-refractivity contribution in [3.05, 3.63) is 35.4 Å². The number of ether oxygens (including phenoxy) is 1. The van der Waals surface area contributed by atoms with Gasteiger partial charge in [-0.25, -0.2) is 0 Å². The third-order valence-electron chi connectivity index (χ3n) is 2.60. The fourth-order valence-electron chi connectivity index (χ4n) is 1.84. The second kappa shape index (κ2) is 6.75. The first-order chi connectivity index (χ1) is 8.47. The summed E-state index contributed by atoms with van der Waals surface area (Å²) in [5.41, 5.74) is 0.0560. The summed E-state index contributed by atoms with van der Waals surface area (Å²) in [7, 11) is 1.58. The van der Waals surface area contributed by atoms with Gasteiger partial charge in [-0.05, 0) is 24.6 Å². The number of methoxy groups -OCH3 is 1. The molecule has 0 aliphatic carbocycles. The van der Waals surface area contributed by atoms with Crippen molar-refractivity contribution in [1.29, 1.82) is 0 Å². The highest BCUT2D eigenvalue weighted by molar-refractivity contribution is 5.26. The minimum atomic E-state index is -4.29. The molecule has 0 aliphatic heterocycles. The van der Waals surface area contributed by atoms with Gasteiger partial charge in [-0.15, -0.1) is 0 Å². The van der Waals surface area contributed by atoms with E-state index in [0.29, 0.717) is 18.6 Å². The molecule has 0 aliphatic rings. The summed E-state index contributed by atoms with van der Waals surface area (Å²) >= 11 is 0. The molecule has 1 atom stereocenters. The van der Waals surface area contributed by atoms with Crippen LogP contribution < -0.4 is 5.32 Å². The normalized spacial score (nSPS) is 13.6. The molecule has 0 fully saturated rings. The maximum atomic E-state index is 12.6. The maximum absolute atomic E-state index is 12.6. The molecule has 0 saturated heterocycles. The molecule has 0 aromatic heterocycles. The van der Waals surface area contributed by atoms with Crippen LogP contribution in [0.25, 0.3) is 0 Å². The van der Waals surface area contributed by atoms with Gasteiger partial charge in [0.1, 0.15) is 0 Å². The SMILES string of the molecule is CCNC(COC)Cc1cccc(C(F)(F)F)c1. The molecule has 1 aromatic carbocycles. The van der Waals surface area contributed by atoms with Gasteiger partial charge in [0.05, 0.1) is 12.2 Å². The number of nitrogens with one attached hydrogen (secondary N) is 1. The summed E-state index contributed by atoms with van der Waals surface area (Å²) in [5.74, 6) is 0. The van der Waals surface area contributed by atoms with Crippen molar-refractivity contribution in [3.8, 4) is 0 Å². The average Bonchev–Trinajstić information content (AvgIpc) is 2.29. The first-order valence-electron chi connectivity index (χ1n) is 5.85. The monoisotopic (exact) mass is 261 g/mol. The quantitative estimate of drug-likeness (QED) is 0.850. The van der Waals surface area contributed by atoms with E-state index in [4.69, 9.17) is 4.74 Å². The first-order valence-corrected chi connectivity index (χ1v) is 5.85. The summed E-state index contributed by atoms with van der Waals surface area (Å²) in [5, 5.41) is 3.18. The summed E-state index contributed by atoms with van der Waals surface area (Å²) < 4.78 is 42.7. The van der Waals surface area contributed by atoms with Crippen LogP contribution in [-0.4, -0.2) is 26.3 Å². The van der Waals surface area contributed by atoms with Crippen LogP contribution in [0.5, 0.6) is 0 Å². The second-order valence-corrected chi connectivity index (χ2v) is 4.11. The van der Waals surface area contributed by atoms with Crippen molar-refractivity contribution in [2.45, 2.75) is 25.6 Å². The summed E-state index contributed by atoms with van der Waals surface area (Å²) in [6.45, 7) is 3.19. The van der Waals surface area contributed by atoms with Gasteiger partial charge in [0.2, 0.25) is 0 Å². The molecule has 1 aromatic rings. The molecule has 2 nitrogen and oxygen atoms in total. The van der Waals surface area contributed by atoms with Crippen LogP contribution in [0.3, 0.4) is 0 Å². The fraction of sp³-hybridized carbons (Fsp3) is 0.538. The van der Waals surface area contributed by atoms with E-state index in [1.165, 1.54) is 12.1 Å². The van der Waals surface area contributed by atoms with Gasteiger partial charge in [-0.2, -0.15) is 13.2 Å². The van der Waals surface area contributed by atoms with E-state index in [9.17, 15) is 13.2 Å². The largest absolute Gasteiger partial charge is 0.416 e. The van der Waals surface area contributed by atoms with Gasteiger partial charge >= 0.3 is 6.18 Å². The number of likely N-dealkylation sites (N-methyl/N-ethyl adjacent to an activating group) is 1. The Morgan fingerprint density at radius 2 is 2.06 bits per heavy atom. The molecular weight excluding hydrogens is 243 g/mol. The number of rotatable bonds is 6. The van der Waals surface area contributed by atoms with Crippen molar-refractivity contribution < 1.29 is 17.9 Å². The number of alkyl halides is 3. The Morgan fingerprint density at radius 3 is 2.61 bits per heavy atom. The predicted octanol–water partition coefficient (Wildman–Crippen LogP) is 2.87. The summed E-state index contributed by atoms with van der Waals surface area (Å²) in [6, 6.07) is 5.45. The summed E-state index contributed by atoms with van der Waals surface area (Å²) in [4.78, 5) is 0. The zero-order chi connectivity index (χ0) is 13.6. The summed E-state index contributed by atoms with van der Waals surface area (Å²) in [6.07, 6.45) is -3.77. The maximum Gasteiger partial charge on any atom is 0.416 e. The number of hydrogen-bond acceptors (Lipinski definition) is 2. The molecule has 1 rings (SSSR count). The molecule has 18 heavy (non-hydrogen) atoms. The van der Waals surface area contributed by atoms with E-state index in [1.807, 2.05) is 6.92 Å². The lowest BCUT2D eigenvalue weighted by atomic mass is 10.0. The fourth-order valence-corrected chi connectivity index (χ4v) is 1.84. The molecule has 0 bridgehead atoms. The Bertz CT molecular complexity index is 359. The van der Waals surface area contributed by atoms with Crippen LogP contribution in [-0.2, 0) is 17.3 Å². The van der Waals surface area contributed by atoms with Crippen LogP contribution >= 0.6 is 0 Å². The molecule has 0 radical (unpaired) electrons. The van der Waals surface area contributed by atoms with E-state index in [-0.39, 0.29) is 6.04 Å². The molecule has 0 spiro atoms. The van der Waals surface area contributed by atoms with E-state index < -0.39 is 11.7 Å². The van der Waals surface area contributed by atoms with Crippen LogP contribution in [0.1, 0.15) is 18.1 Å². The van der Waals surface area contributed by atoms with Gasteiger partial charge in [-0.1, -0.05) is 25.1 Å². The minimum absolute atomic E-state index is 0.0310. The Balaban J connectivity index is 2.77. The van der Waals surface area contributed by atoms with Gasteiger partial charge in [0.25, 0.3) is 0 Å². The lowest BCUT2D eigenvalue weighted by Gasteiger charge is -2.17. The van der Waals surface area contributed by atoms with Crippen molar-refractivity contribution in [3.63, 3.8) is 0 Å². The van der Waals surface area contributed by atoms with E-state index in [1.54, 1.807) is 13.2 Å². The molecule has 5 heteroatoms. The van der Waals surface area contributed by atoms with Crippen LogP contribution in [0.2, 0.25) is 0 Å². The van der Waals surface area contributed by atoms with Crippen LogP contribution in [0, 0.1) is 0 Å². The number of halogens is 3.